The number of hydrogen-bond acceptors (Lipinski definition) is 3. The first-order valence-electron chi connectivity index (χ1n) is 10.0. The van der Waals surface area contributed by atoms with Crippen molar-refractivity contribution < 1.29 is 19.6 Å². The average Bonchev–Trinajstić information content (AvgIpc) is 2.93. The van der Waals surface area contributed by atoms with Gasteiger partial charge in [0.05, 0.1) is 32.3 Å². The highest BCUT2D eigenvalue weighted by Gasteiger charge is 2.45. The van der Waals surface area contributed by atoms with Gasteiger partial charge in [0.15, 0.2) is 0 Å². The van der Waals surface area contributed by atoms with Crippen molar-refractivity contribution in [3.8, 4) is 0 Å². The van der Waals surface area contributed by atoms with Crippen molar-refractivity contribution >= 4 is 17.4 Å². The van der Waals surface area contributed by atoms with Gasteiger partial charge < -0.3 is 14.9 Å². The van der Waals surface area contributed by atoms with Gasteiger partial charge in [-0.15, -0.1) is 0 Å². The summed E-state index contributed by atoms with van der Waals surface area (Å²) in [5.74, 6) is -1.28. The van der Waals surface area contributed by atoms with Gasteiger partial charge in [-0.05, 0) is 19.4 Å². The zero-order chi connectivity index (χ0) is 21.1. The summed E-state index contributed by atoms with van der Waals surface area (Å²) in [6, 6.07) is 14.5. The van der Waals surface area contributed by atoms with Crippen LogP contribution in [-0.4, -0.2) is 48.9 Å². The van der Waals surface area contributed by atoms with E-state index in [2.05, 4.69) is 14.1 Å². The Hall–Kier alpha value is -2.92. The fourth-order valence-electron chi connectivity index (χ4n) is 3.68. The molecule has 1 aliphatic heterocycles. The van der Waals surface area contributed by atoms with Crippen LogP contribution >= 0.6 is 0 Å². The van der Waals surface area contributed by atoms with Gasteiger partial charge in [-0.3, -0.25) is 9.59 Å². The lowest BCUT2D eigenvalue weighted by molar-refractivity contribution is -0.858. The fourth-order valence-corrected chi connectivity index (χ4v) is 3.68. The molecule has 0 spiro atoms. The smallest absolute Gasteiger partial charge is 0.295 e. The third-order valence-corrected chi connectivity index (χ3v) is 5.33. The van der Waals surface area contributed by atoms with E-state index in [1.165, 1.54) is 4.90 Å². The Balaban J connectivity index is 2.07. The molecule has 152 valence electrons. The highest BCUT2D eigenvalue weighted by molar-refractivity contribution is 6.46. The minimum absolute atomic E-state index is 0.116. The van der Waals surface area contributed by atoms with Crippen molar-refractivity contribution in [3.63, 3.8) is 0 Å². The van der Waals surface area contributed by atoms with Crippen LogP contribution in [0.25, 0.3) is 5.76 Å². The lowest BCUT2D eigenvalue weighted by Gasteiger charge is -2.25. The van der Waals surface area contributed by atoms with Gasteiger partial charge in [-0.1, -0.05) is 59.7 Å². The number of ketones is 1. The molecular formula is C24H29N2O3+. The predicted octanol–water partition coefficient (Wildman–Crippen LogP) is 2.26. The van der Waals surface area contributed by atoms with Crippen molar-refractivity contribution in [2.75, 3.05) is 27.2 Å². The second kappa shape index (κ2) is 8.62. The van der Waals surface area contributed by atoms with Gasteiger partial charge >= 0.3 is 0 Å². The molecule has 0 bridgehead atoms. The Kier molecular flexibility index (Phi) is 6.18. The molecule has 2 N–H and O–H groups in total. The molecule has 3 rings (SSSR count). The molecule has 29 heavy (non-hydrogen) atoms. The molecule has 2 aromatic carbocycles. The summed E-state index contributed by atoms with van der Waals surface area (Å²) in [4.78, 5) is 28.7. The number of amides is 1. The van der Waals surface area contributed by atoms with Crippen LogP contribution < -0.4 is 4.90 Å². The molecule has 5 nitrogen and oxygen atoms in total. The van der Waals surface area contributed by atoms with Crippen LogP contribution in [0.5, 0.6) is 0 Å². The summed E-state index contributed by atoms with van der Waals surface area (Å²) < 4.78 is 0. The molecule has 1 saturated heterocycles. The molecular weight excluding hydrogens is 364 g/mol. The summed E-state index contributed by atoms with van der Waals surface area (Å²) in [5, 5.41) is 11.0. The van der Waals surface area contributed by atoms with Crippen molar-refractivity contribution in [1.82, 2.24) is 4.90 Å². The maximum atomic E-state index is 12.9. The highest BCUT2D eigenvalue weighted by Crippen LogP contribution is 2.39. The zero-order valence-electron chi connectivity index (χ0n) is 17.5. The molecule has 0 saturated carbocycles. The summed E-state index contributed by atoms with van der Waals surface area (Å²) in [6.07, 6.45) is 0.780. The van der Waals surface area contributed by atoms with E-state index in [0.29, 0.717) is 12.1 Å². The van der Waals surface area contributed by atoms with Gasteiger partial charge in [-0.25, -0.2) is 0 Å². The minimum atomic E-state index is -0.620. The van der Waals surface area contributed by atoms with Crippen LogP contribution in [0.3, 0.4) is 0 Å². The summed E-state index contributed by atoms with van der Waals surface area (Å²) >= 11 is 0. The molecule has 0 unspecified atom stereocenters. The number of nitrogens with one attached hydrogen (secondary N) is 1. The minimum Gasteiger partial charge on any atom is -0.507 e. The number of likely N-dealkylation sites (tertiary alicyclic amines) is 1. The molecule has 1 heterocycles. The first kappa shape index (κ1) is 20.8. The van der Waals surface area contributed by atoms with Crippen molar-refractivity contribution in [3.05, 3.63) is 76.4 Å². The Morgan fingerprint density at radius 1 is 0.966 bits per heavy atom. The highest BCUT2D eigenvalue weighted by atomic mass is 16.3. The summed E-state index contributed by atoms with van der Waals surface area (Å²) in [6.45, 7) is 5.31. The topological polar surface area (TPSA) is 62.0 Å². The van der Waals surface area contributed by atoms with E-state index in [1.807, 2.05) is 50.2 Å². The summed E-state index contributed by atoms with van der Waals surface area (Å²) in [7, 11) is 4.12. The predicted molar refractivity (Wildman–Crippen MR) is 114 cm³/mol. The molecule has 0 aliphatic carbocycles. The van der Waals surface area contributed by atoms with Crippen LogP contribution in [0.4, 0.5) is 0 Å². The number of aliphatic hydroxyl groups is 1. The SMILES string of the molecule is Cc1ccc(C(O)=C2C(=O)C(=O)N(CCC[NH+](C)C)[C@@H]2c2ccc(C)cc2)cc1. The van der Waals surface area contributed by atoms with Crippen molar-refractivity contribution in [1.29, 1.82) is 0 Å². The Labute approximate surface area is 172 Å². The quantitative estimate of drug-likeness (QED) is 0.450. The number of hydrogen-bond donors (Lipinski definition) is 2. The fraction of sp³-hybridized carbons (Fsp3) is 0.333. The van der Waals surface area contributed by atoms with Gasteiger partial charge in [0.2, 0.25) is 0 Å². The number of rotatable bonds is 6. The number of carbonyl (C=O) groups is 2. The third kappa shape index (κ3) is 4.40. The van der Waals surface area contributed by atoms with E-state index in [0.717, 1.165) is 29.7 Å². The molecule has 1 fully saturated rings. The summed E-state index contributed by atoms with van der Waals surface area (Å²) in [5.41, 5.74) is 3.70. The number of nitrogens with zero attached hydrogens (tertiary/aromatic N) is 1. The monoisotopic (exact) mass is 393 g/mol. The van der Waals surface area contributed by atoms with Crippen LogP contribution in [0.15, 0.2) is 54.1 Å². The largest absolute Gasteiger partial charge is 0.507 e. The lowest BCUT2D eigenvalue weighted by atomic mass is 9.94. The first-order chi connectivity index (χ1) is 13.8. The number of carbonyl (C=O) groups excluding carboxylic acids is 2. The number of benzene rings is 2. The van der Waals surface area contributed by atoms with E-state index in [1.54, 1.807) is 17.0 Å². The third-order valence-electron chi connectivity index (χ3n) is 5.33. The van der Waals surface area contributed by atoms with Crippen LogP contribution in [0, 0.1) is 13.8 Å². The second-order valence-corrected chi connectivity index (χ2v) is 8.08. The first-order valence-corrected chi connectivity index (χ1v) is 10.0. The molecule has 1 amide bonds. The second-order valence-electron chi connectivity index (χ2n) is 8.08. The van der Waals surface area contributed by atoms with Gasteiger partial charge in [0.25, 0.3) is 11.7 Å². The molecule has 1 atom stereocenters. The number of aryl methyl sites for hydroxylation is 2. The Morgan fingerprint density at radius 3 is 2.07 bits per heavy atom. The molecule has 1 aliphatic rings. The van der Waals surface area contributed by atoms with Crippen LogP contribution in [0.1, 0.15) is 34.7 Å². The molecule has 2 aromatic rings. The maximum Gasteiger partial charge on any atom is 0.295 e. The van der Waals surface area contributed by atoms with Gasteiger partial charge in [0.1, 0.15) is 5.76 Å². The molecule has 0 radical (unpaired) electrons. The van der Waals surface area contributed by atoms with E-state index < -0.39 is 17.7 Å². The normalized spacial score (nSPS) is 18.7. The van der Waals surface area contributed by atoms with E-state index in [4.69, 9.17) is 0 Å². The standard InChI is InChI=1S/C24H28N2O3/c1-16-6-10-18(11-7-16)21-20(22(27)19-12-8-17(2)9-13-19)23(28)24(29)26(21)15-5-14-25(3)4/h6-13,21,27H,5,14-15H2,1-4H3/p+1/t21-/m1/s1. The number of Topliss-reactive ketones (excluding diaryl/α,β-unsaturated/α-hetero) is 1. The molecule has 5 heteroatoms. The Bertz CT molecular complexity index is 928. The van der Waals surface area contributed by atoms with Crippen molar-refractivity contribution in [2.45, 2.75) is 26.3 Å². The van der Waals surface area contributed by atoms with Crippen molar-refractivity contribution in [2.24, 2.45) is 0 Å². The van der Waals surface area contributed by atoms with E-state index in [-0.39, 0.29) is 11.3 Å². The van der Waals surface area contributed by atoms with E-state index >= 15 is 0 Å². The lowest BCUT2D eigenvalue weighted by Crippen LogP contribution is -3.05. The zero-order valence-corrected chi connectivity index (χ0v) is 17.5. The Morgan fingerprint density at radius 2 is 1.52 bits per heavy atom. The van der Waals surface area contributed by atoms with Crippen LogP contribution in [-0.2, 0) is 9.59 Å². The van der Waals surface area contributed by atoms with E-state index in [9.17, 15) is 14.7 Å². The number of aliphatic hydroxyl groups excluding tert-OH is 1. The average molecular weight is 394 g/mol. The van der Waals surface area contributed by atoms with Crippen LogP contribution in [0.2, 0.25) is 0 Å². The maximum absolute atomic E-state index is 12.9. The molecule has 0 aromatic heterocycles. The van der Waals surface area contributed by atoms with Gasteiger partial charge in [-0.2, -0.15) is 0 Å². The van der Waals surface area contributed by atoms with Gasteiger partial charge in [0, 0.05) is 18.5 Å². The number of quaternary nitrogens is 1.